The average Bonchev–Trinajstić information content (AvgIpc) is 3.02. The molecule has 1 aromatic rings. The Hall–Kier alpha value is -1.36. The number of carbonyl (C=O) groups is 1. The van der Waals surface area contributed by atoms with Crippen molar-refractivity contribution in [3.05, 3.63) is 18.5 Å². The summed E-state index contributed by atoms with van der Waals surface area (Å²) in [5, 5.41) is 18.1. The van der Waals surface area contributed by atoms with E-state index in [-0.39, 0.29) is 24.4 Å². The van der Waals surface area contributed by atoms with E-state index in [1.54, 1.807) is 6.20 Å². The Morgan fingerprint density at radius 2 is 2.00 bits per heavy atom. The van der Waals surface area contributed by atoms with Crippen molar-refractivity contribution in [1.29, 1.82) is 0 Å². The third kappa shape index (κ3) is 3.69. The van der Waals surface area contributed by atoms with Crippen molar-refractivity contribution in [2.75, 3.05) is 0 Å². The molecule has 3 rings (SSSR count). The molecule has 122 valence electrons. The van der Waals surface area contributed by atoms with Gasteiger partial charge in [-0.2, -0.15) is 5.10 Å². The highest BCUT2D eigenvalue weighted by molar-refractivity contribution is 5.77. The van der Waals surface area contributed by atoms with E-state index in [0.29, 0.717) is 0 Å². The van der Waals surface area contributed by atoms with Crippen molar-refractivity contribution in [3.8, 4) is 0 Å². The van der Waals surface area contributed by atoms with Gasteiger partial charge >= 0.3 is 0 Å². The first kappa shape index (κ1) is 15.5. The smallest absolute Gasteiger partial charge is 0.223 e. The predicted molar refractivity (Wildman–Crippen MR) is 84.3 cm³/mol. The minimum Gasteiger partial charge on any atom is -0.389 e. The van der Waals surface area contributed by atoms with Crippen LogP contribution in [-0.2, 0) is 4.79 Å². The molecule has 5 nitrogen and oxygen atoms in total. The van der Waals surface area contributed by atoms with Crippen LogP contribution >= 0.6 is 0 Å². The Labute approximate surface area is 132 Å². The van der Waals surface area contributed by atoms with Crippen LogP contribution in [0.2, 0.25) is 0 Å². The Morgan fingerprint density at radius 1 is 1.23 bits per heavy atom. The summed E-state index contributed by atoms with van der Waals surface area (Å²) in [7, 11) is 0. The number of hydrogen-bond donors (Lipinski definition) is 2. The van der Waals surface area contributed by atoms with Crippen molar-refractivity contribution >= 4 is 5.91 Å². The number of amides is 1. The summed E-state index contributed by atoms with van der Waals surface area (Å²) in [6, 6.07) is 2.31. The van der Waals surface area contributed by atoms with Gasteiger partial charge < -0.3 is 10.4 Å². The number of nitrogens with zero attached hydrogens (tertiary/aromatic N) is 2. The second kappa shape index (κ2) is 6.82. The molecule has 5 heteroatoms. The van der Waals surface area contributed by atoms with Gasteiger partial charge in [0.2, 0.25) is 5.91 Å². The lowest BCUT2D eigenvalue weighted by Crippen LogP contribution is -2.46. The van der Waals surface area contributed by atoms with Gasteiger partial charge in [0.1, 0.15) is 0 Å². The number of rotatable bonds is 4. The molecule has 0 spiro atoms. The molecule has 0 saturated heterocycles. The minimum absolute atomic E-state index is 0.00606. The van der Waals surface area contributed by atoms with Gasteiger partial charge in [-0.3, -0.25) is 9.48 Å². The summed E-state index contributed by atoms with van der Waals surface area (Å²) in [4.78, 5) is 12.4. The molecular formula is C17H27N3O2. The molecule has 2 aliphatic rings. The van der Waals surface area contributed by atoms with E-state index in [2.05, 4.69) is 10.4 Å². The molecule has 2 unspecified atom stereocenters. The number of nitrogens with one attached hydrogen (secondary N) is 1. The fourth-order valence-electron chi connectivity index (χ4n) is 4.02. The minimum atomic E-state index is -0.780. The molecule has 1 aromatic heterocycles. The molecule has 2 atom stereocenters. The van der Waals surface area contributed by atoms with E-state index < -0.39 is 5.60 Å². The van der Waals surface area contributed by atoms with E-state index in [9.17, 15) is 9.90 Å². The Morgan fingerprint density at radius 3 is 2.73 bits per heavy atom. The topological polar surface area (TPSA) is 67.2 Å². The zero-order chi connectivity index (χ0) is 15.4. The van der Waals surface area contributed by atoms with Crippen LogP contribution < -0.4 is 5.32 Å². The zero-order valence-electron chi connectivity index (χ0n) is 13.2. The molecule has 22 heavy (non-hydrogen) atoms. The average molecular weight is 305 g/mol. The summed E-state index contributed by atoms with van der Waals surface area (Å²) in [5.74, 6) is -0.00606. The van der Waals surface area contributed by atoms with E-state index in [4.69, 9.17) is 0 Å². The highest BCUT2D eigenvalue weighted by Crippen LogP contribution is 2.32. The van der Waals surface area contributed by atoms with Gasteiger partial charge in [0.25, 0.3) is 0 Å². The first-order valence-corrected chi connectivity index (χ1v) is 8.67. The van der Waals surface area contributed by atoms with Gasteiger partial charge in [-0.1, -0.05) is 32.1 Å². The van der Waals surface area contributed by atoms with Crippen molar-refractivity contribution < 1.29 is 9.90 Å². The molecule has 0 aliphatic heterocycles. The molecular weight excluding hydrogens is 278 g/mol. The summed E-state index contributed by atoms with van der Waals surface area (Å²) >= 11 is 0. The van der Waals surface area contributed by atoms with Crippen LogP contribution in [0.3, 0.4) is 0 Å². The van der Waals surface area contributed by atoms with Gasteiger partial charge in [-0.25, -0.2) is 0 Å². The summed E-state index contributed by atoms with van der Waals surface area (Å²) in [5.41, 5.74) is -0.780. The van der Waals surface area contributed by atoms with E-state index in [1.165, 1.54) is 12.8 Å². The lowest BCUT2D eigenvalue weighted by molar-refractivity contribution is -0.128. The fourth-order valence-corrected chi connectivity index (χ4v) is 4.02. The molecule has 0 aromatic carbocycles. The second-order valence-electron chi connectivity index (χ2n) is 6.97. The first-order chi connectivity index (χ1) is 10.7. The lowest BCUT2D eigenvalue weighted by Gasteiger charge is -2.35. The summed E-state index contributed by atoms with van der Waals surface area (Å²) < 4.78 is 1.97. The van der Waals surface area contributed by atoms with Crippen molar-refractivity contribution in [2.24, 2.45) is 0 Å². The summed E-state index contributed by atoms with van der Waals surface area (Å²) in [6.07, 6.45) is 13.1. The number of hydrogen-bond acceptors (Lipinski definition) is 3. The molecule has 2 aliphatic carbocycles. The predicted octanol–water partition coefficient (Wildman–Crippen LogP) is 2.57. The largest absolute Gasteiger partial charge is 0.389 e. The fraction of sp³-hybridized carbons (Fsp3) is 0.765. The van der Waals surface area contributed by atoms with Crippen LogP contribution in [0.5, 0.6) is 0 Å². The normalized spacial score (nSPS) is 28.2. The van der Waals surface area contributed by atoms with Gasteiger partial charge in [-0.15, -0.1) is 0 Å². The monoisotopic (exact) mass is 305 g/mol. The van der Waals surface area contributed by atoms with Gasteiger partial charge in [0.15, 0.2) is 0 Å². The Kier molecular flexibility index (Phi) is 4.81. The van der Waals surface area contributed by atoms with Crippen molar-refractivity contribution in [3.63, 3.8) is 0 Å². The van der Waals surface area contributed by atoms with Gasteiger partial charge in [-0.05, 0) is 31.7 Å². The molecule has 2 fully saturated rings. The number of carbonyl (C=O) groups excluding carboxylic acids is 1. The second-order valence-corrected chi connectivity index (χ2v) is 6.97. The third-order valence-electron chi connectivity index (χ3n) is 5.21. The zero-order valence-corrected chi connectivity index (χ0v) is 13.2. The first-order valence-electron chi connectivity index (χ1n) is 8.67. The van der Waals surface area contributed by atoms with Crippen LogP contribution in [0, 0.1) is 0 Å². The maximum absolute atomic E-state index is 12.4. The standard InChI is InChI=1S/C17H27N3O2/c21-16(13-17(22)9-4-1-5-10-17)19-14-7-2-3-8-15(14)20-12-6-11-18-20/h6,11-12,14-15,22H,1-5,7-10,13H2,(H,19,21). The molecule has 1 amide bonds. The van der Waals surface area contributed by atoms with Gasteiger partial charge in [0, 0.05) is 12.4 Å². The SMILES string of the molecule is O=C(CC1(O)CCCCC1)NC1CCCCC1n1cccn1. The van der Waals surface area contributed by atoms with Crippen LogP contribution in [0.1, 0.15) is 70.3 Å². The summed E-state index contributed by atoms with van der Waals surface area (Å²) in [6.45, 7) is 0. The van der Waals surface area contributed by atoms with E-state index >= 15 is 0 Å². The molecule has 2 N–H and O–H groups in total. The molecule has 1 heterocycles. The molecule has 0 radical (unpaired) electrons. The highest BCUT2D eigenvalue weighted by Gasteiger charge is 2.34. The quantitative estimate of drug-likeness (QED) is 0.898. The Bertz CT molecular complexity index is 480. The third-order valence-corrected chi connectivity index (χ3v) is 5.21. The van der Waals surface area contributed by atoms with Crippen LogP contribution in [0.15, 0.2) is 18.5 Å². The maximum atomic E-state index is 12.4. The molecule has 0 bridgehead atoms. The van der Waals surface area contributed by atoms with Crippen LogP contribution in [0.4, 0.5) is 0 Å². The van der Waals surface area contributed by atoms with Crippen LogP contribution in [-0.4, -0.2) is 32.4 Å². The molecule has 2 saturated carbocycles. The van der Waals surface area contributed by atoms with E-state index in [1.807, 2.05) is 16.9 Å². The van der Waals surface area contributed by atoms with Crippen molar-refractivity contribution in [1.82, 2.24) is 15.1 Å². The number of aromatic nitrogens is 2. The highest BCUT2D eigenvalue weighted by atomic mass is 16.3. The maximum Gasteiger partial charge on any atom is 0.223 e. The number of aliphatic hydroxyl groups is 1. The Balaban J connectivity index is 1.59. The van der Waals surface area contributed by atoms with Gasteiger partial charge in [0.05, 0.1) is 24.1 Å². The van der Waals surface area contributed by atoms with Crippen molar-refractivity contribution in [2.45, 2.75) is 81.9 Å². The lowest BCUT2D eigenvalue weighted by atomic mass is 9.82. The van der Waals surface area contributed by atoms with E-state index in [0.717, 1.165) is 44.9 Å². The van der Waals surface area contributed by atoms with Crippen LogP contribution in [0.25, 0.3) is 0 Å².